The van der Waals surface area contributed by atoms with E-state index in [1.54, 1.807) is 12.1 Å². The van der Waals surface area contributed by atoms with Gasteiger partial charge in [0.15, 0.2) is 0 Å². The lowest BCUT2D eigenvalue weighted by atomic mass is 10.2. The minimum Gasteiger partial charge on any atom is -0.369 e. The molecule has 0 spiro atoms. The van der Waals surface area contributed by atoms with Gasteiger partial charge in [0.05, 0.1) is 4.90 Å². The van der Waals surface area contributed by atoms with E-state index >= 15 is 0 Å². The summed E-state index contributed by atoms with van der Waals surface area (Å²) in [5, 5.41) is 2.93. The number of para-hydroxylation sites is 1. The molecule has 4 rings (SSSR count). The van der Waals surface area contributed by atoms with Gasteiger partial charge in [-0.05, 0) is 49.2 Å². The van der Waals surface area contributed by atoms with Crippen LogP contribution in [-0.2, 0) is 10.0 Å². The van der Waals surface area contributed by atoms with Gasteiger partial charge in [-0.1, -0.05) is 18.2 Å². The quantitative estimate of drug-likeness (QED) is 0.669. The van der Waals surface area contributed by atoms with E-state index in [2.05, 4.69) is 44.1 Å². The molecule has 1 aliphatic heterocycles. The molecule has 2 fully saturated rings. The Kier molecular flexibility index (Phi) is 6.36. The number of hydrogen-bond acceptors (Lipinski definition) is 5. The average molecular weight is 429 g/mol. The Labute approximate surface area is 178 Å². The van der Waals surface area contributed by atoms with Crippen molar-refractivity contribution in [3.63, 3.8) is 0 Å². The van der Waals surface area contributed by atoms with E-state index in [-0.39, 0.29) is 16.8 Å². The Morgan fingerprint density at radius 3 is 2.23 bits per heavy atom. The van der Waals surface area contributed by atoms with Crippen molar-refractivity contribution < 1.29 is 13.2 Å². The zero-order chi connectivity index (χ0) is 21.0. The fourth-order valence-corrected chi connectivity index (χ4v) is 4.88. The molecule has 30 heavy (non-hydrogen) atoms. The SMILES string of the molecule is O=C(NCCN1CCN(c2ccccc2)CC1)c1ccc(S(=O)(=O)NC2CC2)cc1. The van der Waals surface area contributed by atoms with Crippen molar-refractivity contribution in [1.29, 1.82) is 0 Å². The molecule has 160 valence electrons. The first-order valence-corrected chi connectivity index (χ1v) is 11.9. The lowest BCUT2D eigenvalue weighted by Gasteiger charge is -2.36. The van der Waals surface area contributed by atoms with Gasteiger partial charge in [-0.2, -0.15) is 0 Å². The summed E-state index contributed by atoms with van der Waals surface area (Å²) in [4.78, 5) is 17.3. The molecule has 0 radical (unpaired) electrons. The Bertz CT molecular complexity index is 952. The molecular formula is C22H28N4O3S. The minimum atomic E-state index is -3.49. The van der Waals surface area contributed by atoms with Crippen LogP contribution in [-0.4, -0.2) is 64.5 Å². The monoisotopic (exact) mass is 428 g/mol. The molecule has 2 aliphatic rings. The number of benzene rings is 2. The van der Waals surface area contributed by atoms with Crippen LogP contribution < -0.4 is 14.9 Å². The van der Waals surface area contributed by atoms with E-state index in [0.717, 1.165) is 45.6 Å². The predicted molar refractivity (Wildman–Crippen MR) is 117 cm³/mol. The van der Waals surface area contributed by atoms with Crippen LogP contribution in [0, 0.1) is 0 Å². The maximum absolute atomic E-state index is 12.4. The van der Waals surface area contributed by atoms with Crippen molar-refractivity contribution in [3.05, 3.63) is 60.2 Å². The predicted octanol–water partition coefficient (Wildman–Crippen LogP) is 1.68. The molecule has 0 unspecified atom stereocenters. The highest BCUT2D eigenvalue weighted by Gasteiger charge is 2.28. The largest absolute Gasteiger partial charge is 0.369 e. The molecule has 8 heteroatoms. The van der Waals surface area contributed by atoms with Gasteiger partial charge in [-0.15, -0.1) is 0 Å². The number of piperazine rings is 1. The van der Waals surface area contributed by atoms with Crippen molar-refractivity contribution in [3.8, 4) is 0 Å². The maximum Gasteiger partial charge on any atom is 0.251 e. The van der Waals surface area contributed by atoms with Gasteiger partial charge in [-0.3, -0.25) is 9.69 Å². The molecule has 1 heterocycles. The number of rotatable bonds is 8. The number of nitrogens with zero attached hydrogens (tertiary/aromatic N) is 2. The summed E-state index contributed by atoms with van der Waals surface area (Å²) in [5.74, 6) is -0.183. The zero-order valence-corrected chi connectivity index (χ0v) is 17.8. The van der Waals surface area contributed by atoms with Gasteiger partial charge in [0.25, 0.3) is 5.91 Å². The maximum atomic E-state index is 12.4. The van der Waals surface area contributed by atoms with Crippen LogP contribution in [0.1, 0.15) is 23.2 Å². The van der Waals surface area contributed by atoms with Crippen LogP contribution in [0.4, 0.5) is 5.69 Å². The summed E-state index contributed by atoms with van der Waals surface area (Å²) in [6.07, 6.45) is 1.78. The van der Waals surface area contributed by atoms with E-state index in [0.29, 0.717) is 12.1 Å². The van der Waals surface area contributed by atoms with Gasteiger partial charge in [-0.25, -0.2) is 13.1 Å². The van der Waals surface area contributed by atoms with Crippen LogP contribution >= 0.6 is 0 Å². The summed E-state index contributed by atoms with van der Waals surface area (Å²) in [7, 11) is -3.49. The lowest BCUT2D eigenvalue weighted by Crippen LogP contribution is -2.48. The van der Waals surface area contributed by atoms with Crippen LogP contribution in [0.25, 0.3) is 0 Å². The molecule has 1 saturated heterocycles. The molecule has 1 saturated carbocycles. The first-order chi connectivity index (χ1) is 14.5. The number of hydrogen-bond donors (Lipinski definition) is 2. The van der Waals surface area contributed by atoms with Gasteiger partial charge in [0, 0.05) is 56.6 Å². The second-order valence-corrected chi connectivity index (χ2v) is 9.55. The summed E-state index contributed by atoms with van der Waals surface area (Å²) in [6, 6.07) is 16.6. The minimum absolute atomic E-state index is 0.0625. The van der Waals surface area contributed by atoms with E-state index in [1.165, 1.54) is 17.8 Å². The molecule has 0 bridgehead atoms. The van der Waals surface area contributed by atoms with Gasteiger partial charge in [0.1, 0.15) is 0 Å². The highest BCUT2D eigenvalue weighted by atomic mass is 32.2. The summed E-state index contributed by atoms with van der Waals surface area (Å²) < 4.78 is 27.0. The molecule has 1 amide bonds. The van der Waals surface area contributed by atoms with Gasteiger partial charge < -0.3 is 10.2 Å². The number of anilines is 1. The highest BCUT2D eigenvalue weighted by Crippen LogP contribution is 2.22. The van der Waals surface area contributed by atoms with E-state index < -0.39 is 10.0 Å². The van der Waals surface area contributed by atoms with Gasteiger partial charge >= 0.3 is 0 Å². The topological polar surface area (TPSA) is 81.8 Å². The van der Waals surface area contributed by atoms with Crippen molar-refractivity contribution in [2.24, 2.45) is 0 Å². The van der Waals surface area contributed by atoms with Crippen LogP contribution in [0.15, 0.2) is 59.5 Å². The standard InChI is InChI=1S/C22H28N4O3S/c27-22(18-6-10-21(11-7-18)30(28,29)24-19-8-9-19)23-12-13-25-14-16-26(17-15-25)20-4-2-1-3-5-20/h1-7,10-11,19,24H,8-9,12-17H2,(H,23,27). The number of amides is 1. The fraction of sp³-hybridized carbons (Fsp3) is 0.409. The van der Waals surface area contributed by atoms with Crippen molar-refractivity contribution >= 4 is 21.6 Å². The van der Waals surface area contributed by atoms with E-state index in [4.69, 9.17) is 0 Å². The summed E-state index contributed by atoms with van der Waals surface area (Å²) in [5.41, 5.74) is 1.72. The Morgan fingerprint density at radius 2 is 1.60 bits per heavy atom. The fourth-order valence-electron chi connectivity index (χ4n) is 3.57. The van der Waals surface area contributed by atoms with Crippen molar-refractivity contribution in [1.82, 2.24) is 14.9 Å². The smallest absolute Gasteiger partial charge is 0.251 e. The Hall–Kier alpha value is -2.42. The van der Waals surface area contributed by atoms with Gasteiger partial charge in [0.2, 0.25) is 10.0 Å². The van der Waals surface area contributed by atoms with Crippen molar-refractivity contribution in [2.75, 3.05) is 44.2 Å². The van der Waals surface area contributed by atoms with Crippen LogP contribution in [0.5, 0.6) is 0 Å². The molecule has 7 nitrogen and oxygen atoms in total. The Morgan fingerprint density at radius 1 is 0.933 bits per heavy atom. The number of carbonyl (C=O) groups is 1. The molecule has 0 atom stereocenters. The summed E-state index contributed by atoms with van der Waals surface area (Å²) >= 11 is 0. The number of nitrogens with one attached hydrogen (secondary N) is 2. The molecule has 2 aromatic rings. The van der Waals surface area contributed by atoms with E-state index in [1.807, 2.05) is 6.07 Å². The summed E-state index contributed by atoms with van der Waals surface area (Å²) in [6.45, 7) is 5.24. The first-order valence-electron chi connectivity index (χ1n) is 10.4. The highest BCUT2D eigenvalue weighted by molar-refractivity contribution is 7.89. The number of sulfonamides is 1. The molecular weight excluding hydrogens is 400 g/mol. The normalized spacial score (nSPS) is 17.7. The third-order valence-corrected chi connectivity index (χ3v) is 7.07. The van der Waals surface area contributed by atoms with E-state index in [9.17, 15) is 13.2 Å². The van der Waals surface area contributed by atoms with Crippen LogP contribution in [0.3, 0.4) is 0 Å². The molecule has 2 aromatic carbocycles. The van der Waals surface area contributed by atoms with Crippen molar-refractivity contribution in [2.45, 2.75) is 23.8 Å². The average Bonchev–Trinajstić information content (AvgIpc) is 3.58. The molecule has 0 aromatic heterocycles. The first kappa shape index (κ1) is 20.8. The zero-order valence-electron chi connectivity index (χ0n) is 17.0. The third-order valence-electron chi connectivity index (χ3n) is 5.53. The lowest BCUT2D eigenvalue weighted by molar-refractivity contribution is 0.0947. The second kappa shape index (κ2) is 9.16. The second-order valence-electron chi connectivity index (χ2n) is 7.84. The number of carbonyl (C=O) groups excluding carboxylic acids is 1. The van der Waals surface area contributed by atoms with Crippen LogP contribution in [0.2, 0.25) is 0 Å². The molecule has 2 N–H and O–H groups in total. The third kappa shape index (κ3) is 5.38. The molecule has 1 aliphatic carbocycles. The Balaban J connectivity index is 1.20.